The molecule has 3 nitrogen and oxygen atoms in total. The minimum atomic E-state index is -0.116. The number of rotatable bonds is 9. The van der Waals surface area contributed by atoms with Gasteiger partial charge in [0.25, 0.3) is 0 Å². The molecular weight excluding hydrogens is 312 g/mol. The van der Waals surface area contributed by atoms with Crippen LogP contribution in [0.4, 0.5) is 0 Å². The molecule has 0 atom stereocenters. The maximum atomic E-state index is 12.1. The Labute approximate surface area is 151 Å². The molecule has 0 bridgehead atoms. The first-order valence-electron chi connectivity index (χ1n) is 9.10. The van der Waals surface area contributed by atoms with Crippen LogP contribution < -0.4 is 0 Å². The Morgan fingerprint density at radius 2 is 1.44 bits per heavy atom. The predicted molar refractivity (Wildman–Crippen MR) is 103 cm³/mol. The summed E-state index contributed by atoms with van der Waals surface area (Å²) in [5.41, 5.74) is 1.87. The number of hydrogen-bond acceptors (Lipinski definition) is 3. The number of hydrogen-bond donors (Lipinski definition) is 1. The van der Waals surface area contributed by atoms with E-state index >= 15 is 0 Å². The van der Waals surface area contributed by atoms with Crippen LogP contribution in [0.3, 0.4) is 0 Å². The molecule has 0 fully saturated rings. The van der Waals surface area contributed by atoms with Crippen molar-refractivity contribution in [1.82, 2.24) is 0 Å². The average Bonchev–Trinajstić information content (AvgIpc) is 2.68. The predicted octanol–water partition coefficient (Wildman–Crippen LogP) is 5.01. The molecule has 1 N–H and O–H groups in total. The lowest BCUT2D eigenvalue weighted by Crippen LogP contribution is -2.05. The van der Waals surface area contributed by atoms with E-state index in [1.807, 2.05) is 24.3 Å². The van der Waals surface area contributed by atoms with Gasteiger partial charge < -0.3 is 9.84 Å². The first-order valence-corrected chi connectivity index (χ1v) is 9.10. The quantitative estimate of drug-likeness (QED) is 0.514. The van der Waals surface area contributed by atoms with Crippen LogP contribution in [-0.2, 0) is 11.3 Å². The number of carbonyl (C=O) groups excluding carboxylic acids is 1. The molecular formula is C22H30O3. The lowest BCUT2D eigenvalue weighted by Gasteiger charge is -2.05. The standard InChI is InChI=1S/C14H12O2.C8H18O/c15-10-12-8-4-5-9-13(12)14(16)11-6-2-1-3-7-11;1-3-5-7-9-8-6-4-2/h1-9,15H,10H2;3-8H2,1-2H3. The number of ether oxygens (including phenoxy) is 1. The third-order valence-corrected chi connectivity index (χ3v) is 3.75. The van der Waals surface area contributed by atoms with Gasteiger partial charge in [-0.15, -0.1) is 0 Å². The maximum absolute atomic E-state index is 12.1. The molecule has 0 aromatic heterocycles. The zero-order chi connectivity index (χ0) is 18.3. The molecule has 0 unspecified atom stereocenters. The van der Waals surface area contributed by atoms with Gasteiger partial charge in [0.2, 0.25) is 0 Å². The molecule has 3 heteroatoms. The normalized spacial score (nSPS) is 10.0. The Balaban J connectivity index is 0.000000299. The highest BCUT2D eigenvalue weighted by Gasteiger charge is 2.11. The van der Waals surface area contributed by atoms with Crippen molar-refractivity contribution in [1.29, 1.82) is 0 Å². The molecule has 0 saturated heterocycles. The van der Waals surface area contributed by atoms with Gasteiger partial charge in [-0.1, -0.05) is 81.3 Å². The van der Waals surface area contributed by atoms with Crippen LogP contribution in [-0.4, -0.2) is 24.1 Å². The molecule has 136 valence electrons. The van der Waals surface area contributed by atoms with Gasteiger partial charge >= 0.3 is 0 Å². The van der Waals surface area contributed by atoms with Crippen LogP contribution in [0.2, 0.25) is 0 Å². The molecule has 0 saturated carbocycles. The summed E-state index contributed by atoms with van der Waals surface area (Å²) in [6.45, 7) is 6.16. The number of ketones is 1. The monoisotopic (exact) mass is 342 g/mol. The Morgan fingerprint density at radius 1 is 0.880 bits per heavy atom. The SMILES string of the molecule is CCCCOCCCC.O=C(c1ccccc1)c1ccccc1CO. The summed E-state index contributed by atoms with van der Waals surface area (Å²) in [5.74, 6) is -0.0507. The Bertz CT molecular complexity index is 587. The lowest BCUT2D eigenvalue weighted by molar-refractivity contribution is 0.103. The summed E-state index contributed by atoms with van der Waals surface area (Å²) in [6.07, 6.45) is 4.91. The van der Waals surface area contributed by atoms with Crippen molar-refractivity contribution in [3.8, 4) is 0 Å². The van der Waals surface area contributed by atoms with Crippen molar-refractivity contribution < 1.29 is 14.6 Å². The van der Waals surface area contributed by atoms with Gasteiger partial charge in [0.15, 0.2) is 5.78 Å². The summed E-state index contributed by atoms with van der Waals surface area (Å²) < 4.78 is 5.31. The number of aliphatic hydroxyl groups excluding tert-OH is 1. The highest BCUT2D eigenvalue weighted by Crippen LogP contribution is 2.14. The van der Waals surface area contributed by atoms with Crippen LogP contribution >= 0.6 is 0 Å². The zero-order valence-electron chi connectivity index (χ0n) is 15.4. The number of unbranched alkanes of at least 4 members (excludes halogenated alkanes) is 2. The second-order valence-electron chi connectivity index (χ2n) is 5.83. The van der Waals surface area contributed by atoms with Crippen molar-refractivity contribution in [3.63, 3.8) is 0 Å². The summed E-state index contributed by atoms with van der Waals surface area (Å²) in [6, 6.07) is 16.2. The van der Waals surface area contributed by atoms with E-state index < -0.39 is 0 Å². The molecule has 0 radical (unpaired) electrons. The Hall–Kier alpha value is -1.97. The van der Waals surface area contributed by atoms with Crippen LogP contribution in [0, 0.1) is 0 Å². The van der Waals surface area contributed by atoms with E-state index in [4.69, 9.17) is 9.84 Å². The summed E-state index contributed by atoms with van der Waals surface area (Å²) >= 11 is 0. The second kappa shape index (κ2) is 13.3. The van der Waals surface area contributed by atoms with Gasteiger partial charge in [-0.25, -0.2) is 0 Å². The van der Waals surface area contributed by atoms with Crippen LogP contribution in [0.5, 0.6) is 0 Å². The van der Waals surface area contributed by atoms with Crippen molar-refractivity contribution >= 4 is 5.78 Å². The van der Waals surface area contributed by atoms with E-state index in [0.717, 1.165) is 13.2 Å². The van der Waals surface area contributed by atoms with Crippen LogP contribution in [0.25, 0.3) is 0 Å². The first-order chi connectivity index (χ1) is 12.2. The van der Waals surface area contributed by atoms with Gasteiger partial charge in [0.05, 0.1) is 6.61 Å². The molecule has 2 rings (SSSR count). The van der Waals surface area contributed by atoms with E-state index in [2.05, 4.69) is 13.8 Å². The molecule has 0 amide bonds. The molecule has 0 aliphatic heterocycles. The number of benzene rings is 2. The minimum absolute atomic E-state index is 0.0507. The fourth-order valence-electron chi connectivity index (χ4n) is 2.22. The third-order valence-electron chi connectivity index (χ3n) is 3.75. The van der Waals surface area contributed by atoms with Crippen molar-refractivity contribution in [2.45, 2.75) is 46.1 Å². The fraction of sp³-hybridized carbons (Fsp3) is 0.409. The summed E-state index contributed by atoms with van der Waals surface area (Å²) in [4.78, 5) is 12.1. The molecule has 0 aliphatic rings. The van der Waals surface area contributed by atoms with E-state index in [-0.39, 0.29) is 12.4 Å². The van der Waals surface area contributed by atoms with Gasteiger partial charge in [0, 0.05) is 24.3 Å². The van der Waals surface area contributed by atoms with Crippen molar-refractivity contribution in [3.05, 3.63) is 71.3 Å². The van der Waals surface area contributed by atoms with E-state index in [1.54, 1.807) is 30.3 Å². The lowest BCUT2D eigenvalue weighted by atomic mass is 9.99. The molecule has 2 aromatic carbocycles. The molecule has 0 spiro atoms. The van der Waals surface area contributed by atoms with Crippen LogP contribution in [0.15, 0.2) is 54.6 Å². The van der Waals surface area contributed by atoms with Gasteiger partial charge in [-0.2, -0.15) is 0 Å². The Kier molecular flexibility index (Phi) is 11.2. The van der Waals surface area contributed by atoms with E-state index in [9.17, 15) is 4.79 Å². The van der Waals surface area contributed by atoms with Crippen molar-refractivity contribution in [2.75, 3.05) is 13.2 Å². The molecule has 2 aromatic rings. The zero-order valence-corrected chi connectivity index (χ0v) is 15.4. The first kappa shape index (κ1) is 21.1. The van der Waals surface area contributed by atoms with E-state index in [0.29, 0.717) is 16.7 Å². The maximum Gasteiger partial charge on any atom is 0.193 e. The van der Waals surface area contributed by atoms with Gasteiger partial charge in [-0.05, 0) is 18.4 Å². The topological polar surface area (TPSA) is 46.5 Å². The number of carbonyl (C=O) groups is 1. The van der Waals surface area contributed by atoms with E-state index in [1.165, 1.54) is 25.7 Å². The second-order valence-corrected chi connectivity index (χ2v) is 5.83. The fourth-order valence-corrected chi connectivity index (χ4v) is 2.22. The molecule has 0 heterocycles. The molecule has 25 heavy (non-hydrogen) atoms. The highest BCUT2D eigenvalue weighted by molar-refractivity contribution is 6.09. The average molecular weight is 342 g/mol. The Morgan fingerprint density at radius 3 is 2.00 bits per heavy atom. The third kappa shape index (κ3) is 8.10. The minimum Gasteiger partial charge on any atom is -0.392 e. The van der Waals surface area contributed by atoms with Crippen LogP contribution in [0.1, 0.15) is 61.0 Å². The number of aliphatic hydroxyl groups is 1. The van der Waals surface area contributed by atoms with Crippen molar-refractivity contribution in [2.24, 2.45) is 0 Å². The highest BCUT2D eigenvalue weighted by atomic mass is 16.5. The summed E-state index contributed by atoms with van der Waals surface area (Å²) in [7, 11) is 0. The van der Waals surface area contributed by atoms with Gasteiger partial charge in [0.1, 0.15) is 0 Å². The smallest absolute Gasteiger partial charge is 0.193 e. The van der Waals surface area contributed by atoms with Gasteiger partial charge in [-0.3, -0.25) is 4.79 Å². The molecule has 0 aliphatic carbocycles. The largest absolute Gasteiger partial charge is 0.392 e. The summed E-state index contributed by atoms with van der Waals surface area (Å²) in [5, 5.41) is 9.16.